The number of carbonyl (C=O) groups excluding carboxylic acids is 2. The summed E-state index contributed by atoms with van der Waals surface area (Å²) in [4.78, 5) is 30.6. The van der Waals surface area contributed by atoms with Crippen LogP contribution in [0.25, 0.3) is 10.2 Å². The monoisotopic (exact) mass is 404 g/mol. The van der Waals surface area contributed by atoms with Crippen LogP contribution >= 0.6 is 34.4 Å². The lowest BCUT2D eigenvalue weighted by atomic mass is 9.96. The number of thiazole rings is 1. The molecule has 0 aliphatic heterocycles. The predicted molar refractivity (Wildman–Crippen MR) is 110 cm³/mol. The Bertz CT molecular complexity index is 905. The van der Waals surface area contributed by atoms with Crippen LogP contribution in [-0.4, -0.2) is 22.4 Å². The number of hydrogen-bond acceptors (Lipinski definition) is 6. The van der Waals surface area contributed by atoms with Gasteiger partial charge >= 0.3 is 0 Å². The highest BCUT2D eigenvalue weighted by Crippen LogP contribution is 2.30. The van der Waals surface area contributed by atoms with Gasteiger partial charge in [-0.15, -0.1) is 22.7 Å². The molecule has 1 aromatic carbocycles. The molecule has 2 heterocycles. The largest absolute Gasteiger partial charge is 0.351 e. The van der Waals surface area contributed by atoms with Crippen molar-refractivity contribution in [2.75, 3.05) is 5.75 Å². The minimum absolute atomic E-state index is 0.00479. The number of amides is 1. The van der Waals surface area contributed by atoms with E-state index < -0.39 is 5.41 Å². The molecule has 0 aliphatic rings. The molecule has 0 saturated carbocycles. The van der Waals surface area contributed by atoms with Crippen molar-refractivity contribution >= 4 is 56.3 Å². The molecule has 4 nitrogen and oxygen atoms in total. The van der Waals surface area contributed by atoms with Gasteiger partial charge in [0.1, 0.15) is 0 Å². The van der Waals surface area contributed by atoms with Crippen LogP contribution in [0.1, 0.15) is 35.3 Å². The van der Waals surface area contributed by atoms with Gasteiger partial charge in [0.25, 0.3) is 0 Å². The molecule has 3 aromatic rings. The average molecular weight is 405 g/mol. The number of carbonyl (C=O) groups is 2. The first-order valence-electron chi connectivity index (χ1n) is 8.21. The number of rotatable bonds is 6. The molecule has 7 heteroatoms. The fourth-order valence-electron chi connectivity index (χ4n) is 2.17. The number of nitrogens with one attached hydrogen (secondary N) is 1. The van der Waals surface area contributed by atoms with Crippen molar-refractivity contribution in [3.63, 3.8) is 0 Å². The molecule has 136 valence electrons. The fourth-order valence-corrected chi connectivity index (χ4v) is 5.09. The van der Waals surface area contributed by atoms with E-state index >= 15 is 0 Å². The van der Waals surface area contributed by atoms with Gasteiger partial charge in [0.15, 0.2) is 10.1 Å². The van der Waals surface area contributed by atoms with Crippen molar-refractivity contribution in [2.45, 2.75) is 31.7 Å². The van der Waals surface area contributed by atoms with E-state index in [1.807, 2.05) is 57.2 Å². The third kappa shape index (κ3) is 4.72. The Morgan fingerprint density at radius 1 is 1.12 bits per heavy atom. The van der Waals surface area contributed by atoms with Gasteiger partial charge in [-0.25, -0.2) is 4.98 Å². The summed E-state index contributed by atoms with van der Waals surface area (Å²) >= 11 is 4.52. The molecule has 0 saturated heterocycles. The lowest BCUT2D eigenvalue weighted by Gasteiger charge is -2.17. The van der Waals surface area contributed by atoms with E-state index in [0.717, 1.165) is 24.3 Å². The third-order valence-corrected chi connectivity index (χ3v) is 6.95. The maximum atomic E-state index is 12.4. The highest BCUT2D eigenvalue weighted by atomic mass is 32.2. The molecular weight excluding hydrogens is 384 g/mol. The van der Waals surface area contributed by atoms with Gasteiger partial charge in [-0.3, -0.25) is 9.59 Å². The van der Waals surface area contributed by atoms with Crippen LogP contribution in [0.5, 0.6) is 0 Å². The standard InChI is InChI=1S/C19H20N2O2S3/c1-19(2,3)17(23)20-10-12-8-9-16(25-12)14(22)11-24-18-21-13-6-4-5-7-15(13)26-18/h4-9H,10-11H2,1-3H3,(H,20,23). The van der Waals surface area contributed by atoms with Gasteiger partial charge in [-0.05, 0) is 24.3 Å². The summed E-state index contributed by atoms with van der Waals surface area (Å²) in [5.41, 5.74) is 0.560. The number of para-hydroxylation sites is 1. The van der Waals surface area contributed by atoms with E-state index in [4.69, 9.17) is 0 Å². The van der Waals surface area contributed by atoms with Crippen LogP contribution in [0, 0.1) is 5.41 Å². The van der Waals surface area contributed by atoms with Crippen molar-refractivity contribution in [2.24, 2.45) is 5.41 Å². The summed E-state index contributed by atoms with van der Waals surface area (Å²) in [7, 11) is 0. The summed E-state index contributed by atoms with van der Waals surface area (Å²) < 4.78 is 2.05. The van der Waals surface area contributed by atoms with Gasteiger partial charge in [0.2, 0.25) is 5.91 Å². The number of Topliss-reactive ketones (excluding diaryl/α,β-unsaturated/α-hetero) is 1. The van der Waals surface area contributed by atoms with E-state index in [1.54, 1.807) is 11.3 Å². The zero-order valence-corrected chi connectivity index (χ0v) is 17.3. The third-order valence-electron chi connectivity index (χ3n) is 3.64. The van der Waals surface area contributed by atoms with E-state index in [0.29, 0.717) is 12.3 Å². The molecule has 0 aliphatic carbocycles. The van der Waals surface area contributed by atoms with Crippen LogP contribution in [0.2, 0.25) is 0 Å². The van der Waals surface area contributed by atoms with Gasteiger partial charge in [0.05, 0.1) is 27.4 Å². The summed E-state index contributed by atoms with van der Waals surface area (Å²) in [5, 5.41) is 2.91. The summed E-state index contributed by atoms with van der Waals surface area (Å²) in [6.07, 6.45) is 0. The van der Waals surface area contributed by atoms with Gasteiger partial charge in [-0.1, -0.05) is 44.7 Å². The molecule has 0 bridgehead atoms. The molecule has 0 radical (unpaired) electrons. The first kappa shape index (κ1) is 19.1. The highest BCUT2D eigenvalue weighted by Gasteiger charge is 2.21. The Labute approximate surface area is 165 Å². The Hall–Kier alpha value is -1.70. The number of benzene rings is 1. The second kappa shape index (κ2) is 7.90. The summed E-state index contributed by atoms with van der Waals surface area (Å²) in [6, 6.07) is 11.7. The van der Waals surface area contributed by atoms with E-state index in [1.165, 1.54) is 23.1 Å². The number of fused-ring (bicyclic) bond motifs is 1. The van der Waals surface area contributed by atoms with E-state index in [2.05, 4.69) is 10.3 Å². The molecule has 0 spiro atoms. The van der Waals surface area contributed by atoms with Gasteiger partial charge < -0.3 is 5.32 Å². The number of thiophene rings is 1. The van der Waals surface area contributed by atoms with Crippen molar-refractivity contribution in [3.05, 3.63) is 46.2 Å². The van der Waals surface area contributed by atoms with Crippen molar-refractivity contribution in [3.8, 4) is 0 Å². The first-order valence-corrected chi connectivity index (χ1v) is 10.8. The van der Waals surface area contributed by atoms with Crippen molar-refractivity contribution in [1.82, 2.24) is 10.3 Å². The topological polar surface area (TPSA) is 59.1 Å². The van der Waals surface area contributed by atoms with Crippen LogP contribution in [0.3, 0.4) is 0 Å². The zero-order valence-electron chi connectivity index (χ0n) is 14.9. The summed E-state index contributed by atoms with van der Waals surface area (Å²) in [6.45, 7) is 6.10. The predicted octanol–water partition coefficient (Wildman–Crippen LogP) is 5.00. The van der Waals surface area contributed by atoms with Crippen LogP contribution in [0.4, 0.5) is 0 Å². The number of ketones is 1. The maximum Gasteiger partial charge on any atom is 0.225 e. The van der Waals surface area contributed by atoms with E-state index in [-0.39, 0.29) is 11.7 Å². The summed E-state index contributed by atoms with van der Waals surface area (Å²) in [5.74, 6) is 0.464. The fraction of sp³-hybridized carbons (Fsp3) is 0.316. The maximum absolute atomic E-state index is 12.4. The molecule has 3 rings (SSSR count). The Balaban J connectivity index is 1.55. The zero-order chi connectivity index (χ0) is 18.7. The van der Waals surface area contributed by atoms with Gasteiger partial charge in [-0.2, -0.15) is 0 Å². The average Bonchev–Trinajstić information content (AvgIpc) is 3.23. The molecular formula is C19H20N2O2S3. The van der Waals surface area contributed by atoms with Gasteiger partial charge in [0, 0.05) is 10.3 Å². The van der Waals surface area contributed by atoms with Crippen LogP contribution < -0.4 is 5.32 Å². The Morgan fingerprint density at radius 3 is 2.62 bits per heavy atom. The van der Waals surface area contributed by atoms with Crippen LogP contribution in [-0.2, 0) is 11.3 Å². The minimum Gasteiger partial charge on any atom is -0.351 e. The molecule has 1 N–H and O–H groups in total. The lowest BCUT2D eigenvalue weighted by Crippen LogP contribution is -2.34. The number of thioether (sulfide) groups is 1. The second-order valence-corrected chi connectivity index (χ2v) is 10.3. The molecule has 26 heavy (non-hydrogen) atoms. The van der Waals surface area contributed by atoms with Crippen molar-refractivity contribution < 1.29 is 9.59 Å². The quantitative estimate of drug-likeness (QED) is 0.464. The molecule has 0 atom stereocenters. The Kier molecular flexibility index (Phi) is 5.79. The molecule has 0 fully saturated rings. The molecule has 1 amide bonds. The minimum atomic E-state index is -0.413. The SMILES string of the molecule is CC(C)(C)C(=O)NCc1ccc(C(=O)CSc2nc3ccccc3s2)s1. The lowest BCUT2D eigenvalue weighted by molar-refractivity contribution is -0.128. The van der Waals surface area contributed by atoms with Crippen molar-refractivity contribution in [1.29, 1.82) is 0 Å². The second-order valence-electron chi connectivity index (χ2n) is 6.86. The number of hydrogen-bond donors (Lipinski definition) is 1. The van der Waals surface area contributed by atoms with Crippen LogP contribution in [0.15, 0.2) is 40.7 Å². The number of aromatic nitrogens is 1. The smallest absolute Gasteiger partial charge is 0.225 e. The highest BCUT2D eigenvalue weighted by molar-refractivity contribution is 8.01. The Morgan fingerprint density at radius 2 is 1.88 bits per heavy atom. The number of nitrogens with zero attached hydrogens (tertiary/aromatic N) is 1. The van der Waals surface area contributed by atoms with E-state index in [9.17, 15) is 9.59 Å². The first-order chi connectivity index (χ1) is 12.3. The molecule has 0 unspecified atom stereocenters. The molecule has 2 aromatic heterocycles. The normalized spacial score (nSPS) is 11.7.